The Bertz CT molecular complexity index is 3120. The van der Waals surface area contributed by atoms with Gasteiger partial charge in [-0.05, 0) is 136 Å². The van der Waals surface area contributed by atoms with Crippen LogP contribution in [0.1, 0.15) is 9.68 Å². The van der Waals surface area contributed by atoms with E-state index in [9.17, 15) is 5.11 Å². The van der Waals surface area contributed by atoms with Gasteiger partial charge in [0.1, 0.15) is 42.2 Å². The molecule has 0 atom stereocenters. The summed E-state index contributed by atoms with van der Waals surface area (Å²) in [6.45, 7) is 17.2. The average Bonchev–Trinajstić information content (AvgIpc) is 4.29. The maximum Gasteiger partial charge on any atom is 0.213 e. The van der Waals surface area contributed by atoms with Gasteiger partial charge in [0, 0.05) is 88.0 Å². The monoisotopic (exact) mass is 1270 g/mol. The quantitative estimate of drug-likeness (QED) is 0.0435. The summed E-state index contributed by atoms with van der Waals surface area (Å²) in [5.74, 6) is 4.27. The fraction of sp³-hybridized carbons (Fsp3) is 0.276. The molecule has 0 saturated carbocycles. The normalized spacial score (nSPS) is 12.0. The lowest BCUT2D eigenvalue weighted by molar-refractivity contribution is 0.0797. The van der Waals surface area contributed by atoms with Crippen molar-refractivity contribution in [3.8, 4) is 68.9 Å². The number of phenolic OH excluding ortho intramolecular Hbond substituents is 1. The molecule has 1 N–H and O–H groups in total. The molecule has 0 aliphatic carbocycles. The van der Waals surface area contributed by atoms with Crippen molar-refractivity contribution >= 4 is 67.8 Å². The highest BCUT2D eigenvalue weighted by Gasteiger charge is 2.15. The number of hydrogen-bond acceptors (Lipinski definition) is 14. The number of phenols is 1. The van der Waals surface area contributed by atoms with Crippen LogP contribution in [0, 0.1) is 0 Å². The van der Waals surface area contributed by atoms with Crippen LogP contribution in [0.5, 0.6) is 46.4 Å². The molecule has 412 valence electrons. The number of hydrogen-bond donors (Lipinski definition) is 1. The standard InChI is InChI=1S/C21H27N3O3Si.C16H14N2O2.C15H22N2O2Si.C6H6BrNO.HI/c1-25-21-10-9-19(15-22-21)27-18-7-5-17(6-8-18)20-11-12-23-24(20)16-26-13-14-28(2,3)4;1-19-16-7-6-15(11-18-16)20-14-4-2-12(3-5-14)13-8-9-17-10-13;1-20(2,3)11-10-19-12-17-15(8-9-16-17)13-4-6-14(18)7-5-13;1-9-6-3-2-5(7)4-8-6;/h5-12,15H,13-14,16H2,1-4H3;2-9,11H,10H2,1H3;4-9,18H,10-12H2,1-3H3;2-4H,1H3;1H/i2*1D;;1D;. The smallest absolute Gasteiger partial charge is 0.213 e. The minimum Gasteiger partial charge on any atom is -0.508 e. The van der Waals surface area contributed by atoms with Gasteiger partial charge in [0.2, 0.25) is 17.6 Å². The van der Waals surface area contributed by atoms with Crippen molar-refractivity contribution in [1.29, 1.82) is 0 Å². The van der Waals surface area contributed by atoms with Gasteiger partial charge in [-0.15, -0.1) is 24.0 Å². The van der Waals surface area contributed by atoms with Gasteiger partial charge in [0.05, 0.1) is 55.7 Å². The van der Waals surface area contributed by atoms with Gasteiger partial charge in [-0.3, -0.25) is 4.99 Å². The number of benzene rings is 3. The van der Waals surface area contributed by atoms with E-state index < -0.39 is 16.1 Å². The second-order valence-corrected chi connectivity index (χ2v) is 31.7. The van der Waals surface area contributed by atoms with Gasteiger partial charge >= 0.3 is 0 Å². The first-order chi connectivity index (χ1) is 38.6. The first kappa shape index (κ1) is 57.5. The van der Waals surface area contributed by atoms with Crippen LogP contribution in [0.2, 0.25) is 51.4 Å². The first-order valence-corrected chi connectivity index (χ1v) is 32.8. The highest BCUT2D eigenvalue weighted by molar-refractivity contribution is 14.0. The predicted octanol–water partition coefficient (Wildman–Crippen LogP) is 14.4. The van der Waals surface area contributed by atoms with Crippen molar-refractivity contribution in [2.45, 2.75) is 64.8 Å². The number of aromatic nitrogens is 7. The number of halogens is 2. The number of nitrogens with zero attached hydrogens (tertiary/aromatic N) is 8. The molecule has 0 radical (unpaired) electrons. The Hall–Kier alpha value is -6.70. The maximum absolute atomic E-state index is 9.33. The molecule has 20 heteroatoms. The second-order valence-electron chi connectivity index (χ2n) is 19.5. The summed E-state index contributed by atoms with van der Waals surface area (Å²) >= 11 is 3.23. The fourth-order valence-electron chi connectivity index (χ4n) is 6.76. The first-order valence-electron chi connectivity index (χ1n) is 26.7. The summed E-state index contributed by atoms with van der Waals surface area (Å²) in [4.78, 5) is 16.2. The van der Waals surface area contributed by atoms with E-state index >= 15 is 0 Å². The van der Waals surface area contributed by atoms with Crippen LogP contribution < -0.4 is 23.7 Å². The maximum atomic E-state index is 9.33. The molecule has 0 amide bonds. The average molecular weight is 1270 g/mol. The van der Waals surface area contributed by atoms with E-state index in [4.69, 9.17) is 37.3 Å². The van der Waals surface area contributed by atoms with Crippen molar-refractivity contribution in [2.75, 3.05) is 41.0 Å². The molecule has 0 saturated heterocycles. The number of ether oxygens (including phenoxy) is 7. The SMILES string of the molecule is C[Si](C)(C)CCOCn1nccc1-c1ccc(O)cc1.I.[2H]COc1ccc(Br)cn1.[2H]COc1ccc(Oc2ccc(-c3ccnn3COCC[Si](C)(C)C)cc2)cn1.[2H]COc1ccc(Oc2ccc(C3=CC=NC3)cc2)cn1. The Morgan fingerprint density at radius 2 is 0.962 bits per heavy atom. The van der Waals surface area contributed by atoms with E-state index in [1.54, 1.807) is 73.4 Å². The predicted molar refractivity (Wildman–Crippen MR) is 329 cm³/mol. The van der Waals surface area contributed by atoms with E-state index in [1.165, 1.54) is 5.57 Å². The van der Waals surface area contributed by atoms with Gasteiger partial charge in [-0.1, -0.05) is 51.4 Å². The molecular formula is C58H70BrIN8O8Si2. The lowest BCUT2D eigenvalue weighted by Crippen LogP contribution is -2.22. The highest BCUT2D eigenvalue weighted by Crippen LogP contribution is 2.28. The Morgan fingerprint density at radius 1 is 0.538 bits per heavy atom. The molecular weight excluding hydrogens is 1200 g/mol. The van der Waals surface area contributed by atoms with Crippen LogP contribution in [0.3, 0.4) is 0 Å². The zero-order chi connectivity index (χ0) is 57.2. The van der Waals surface area contributed by atoms with E-state index in [0.717, 1.165) is 70.1 Å². The zero-order valence-corrected chi connectivity index (χ0v) is 50.7. The van der Waals surface area contributed by atoms with Gasteiger partial charge in [-0.25, -0.2) is 24.3 Å². The third kappa shape index (κ3) is 21.6. The Kier molecular flexibility index (Phi) is 23.3. The zero-order valence-electron chi connectivity index (χ0n) is 47.8. The number of methoxy groups -OCH3 is 3. The molecule has 0 bridgehead atoms. The summed E-state index contributed by atoms with van der Waals surface area (Å²) in [7, 11) is -2.53. The molecule has 3 aromatic carbocycles. The summed E-state index contributed by atoms with van der Waals surface area (Å²) < 4.78 is 63.2. The summed E-state index contributed by atoms with van der Waals surface area (Å²) in [6.07, 6.45) is 12.2. The lowest BCUT2D eigenvalue weighted by Gasteiger charge is -2.16. The third-order valence-corrected chi connectivity index (χ3v) is 14.9. The van der Waals surface area contributed by atoms with E-state index in [2.05, 4.69) is 85.4 Å². The van der Waals surface area contributed by atoms with Crippen molar-refractivity contribution < 1.29 is 42.4 Å². The largest absolute Gasteiger partial charge is 0.508 e. The molecule has 8 aromatic rings. The summed E-state index contributed by atoms with van der Waals surface area (Å²) in [5.41, 5.74) is 6.42. The molecule has 1 aliphatic heterocycles. The van der Waals surface area contributed by atoms with Crippen LogP contribution >= 0.6 is 39.9 Å². The molecule has 0 unspecified atom stereocenters. The number of allylic oxidation sites excluding steroid dienone is 1. The summed E-state index contributed by atoms with van der Waals surface area (Å²) in [6, 6.07) is 39.4. The fourth-order valence-corrected chi connectivity index (χ4v) is 8.51. The number of rotatable bonds is 20. The van der Waals surface area contributed by atoms with E-state index in [1.807, 2.05) is 101 Å². The minimum absolute atomic E-state index is 0. The van der Waals surface area contributed by atoms with Crippen molar-refractivity contribution in [2.24, 2.45) is 4.99 Å². The van der Waals surface area contributed by atoms with Crippen molar-refractivity contribution in [1.82, 2.24) is 34.5 Å². The van der Waals surface area contributed by atoms with E-state index in [-0.39, 0.29) is 51.0 Å². The van der Waals surface area contributed by atoms with Gasteiger partial charge in [-0.2, -0.15) is 10.2 Å². The molecule has 6 heterocycles. The van der Waals surface area contributed by atoms with Crippen LogP contribution in [0.25, 0.3) is 28.1 Å². The van der Waals surface area contributed by atoms with Crippen LogP contribution in [0.4, 0.5) is 0 Å². The number of aromatic hydroxyl groups is 1. The molecule has 78 heavy (non-hydrogen) atoms. The van der Waals surface area contributed by atoms with E-state index in [0.29, 0.717) is 48.4 Å². The third-order valence-electron chi connectivity index (χ3n) is 11.1. The molecule has 16 nitrogen and oxygen atoms in total. The van der Waals surface area contributed by atoms with Crippen LogP contribution in [-0.2, 0) is 22.9 Å². The molecule has 5 aromatic heterocycles. The Morgan fingerprint density at radius 3 is 1.35 bits per heavy atom. The minimum atomic E-state index is -1.09. The van der Waals surface area contributed by atoms with Gasteiger partial charge in [0.15, 0.2) is 0 Å². The highest BCUT2D eigenvalue weighted by atomic mass is 127. The molecule has 9 rings (SSSR count). The van der Waals surface area contributed by atoms with Crippen LogP contribution in [-0.4, -0.2) is 103 Å². The molecule has 0 spiro atoms. The van der Waals surface area contributed by atoms with Crippen molar-refractivity contribution in [3.05, 3.63) is 168 Å². The van der Waals surface area contributed by atoms with Gasteiger partial charge in [0.25, 0.3) is 0 Å². The number of aliphatic imine (C=N–C) groups is 1. The van der Waals surface area contributed by atoms with Crippen LogP contribution in [0.15, 0.2) is 168 Å². The van der Waals surface area contributed by atoms with Gasteiger partial charge < -0.3 is 38.3 Å². The Labute approximate surface area is 489 Å². The molecule has 1 aliphatic rings. The van der Waals surface area contributed by atoms with Crippen molar-refractivity contribution in [3.63, 3.8) is 0 Å². The summed E-state index contributed by atoms with van der Waals surface area (Å²) in [5, 5.41) is 18.0. The molecule has 0 fully saturated rings. The lowest BCUT2D eigenvalue weighted by atomic mass is 10.1. The second kappa shape index (κ2) is 31.6. The number of pyridine rings is 3. The Balaban J connectivity index is 0.000000207. The topological polar surface area (TPSA) is 172 Å².